The lowest BCUT2D eigenvalue weighted by molar-refractivity contribution is -0.119. The van der Waals surface area contributed by atoms with Crippen LogP contribution < -0.4 is 9.47 Å². The Morgan fingerprint density at radius 1 is 1.14 bits per heavy atom. The molecule has 0 saturated heterocycles. The smallest absolute Gasteiger partial charge is 0.133 e. The first kappa shape index (κ1) is 18.3. The van der Waals surface area contributed by atoms with E-state index in [2.05, 4.69) is 19.9 Å². The van der Waals surface area contributed by atoms with Gasteiger partial charge in [-0.3, -0.25) is 4.79 Å². The van der Waals surface area contributed by atoms with Gasteiger partial charge in [-0.25, -0.2) is 0 Å². The van der Waals surface area contributed by atoms with Crippen LogP contribution in [-0.4, -0.2) is 12.9 Å². The number of Topliss-reactive ketones (excluding diaryl/α,β-unsaturated/α-hetero) is 1. The summed E-state index contributed by atoms with van der Waals surface area (Å²) in [5, 5.41) is 0. The Morgan fingerprint density at radius 3 is 2.23 bits per heavy atom. The van der Waals surface area contributed by atoms with E-state index >= 15 is 0 Å². The number of hydrogen-bond acceptors (Lipinski definition) is 3. The Labute approximate surface area is 134 Å². The van der Waals surface area contributed by atoms with Crippen molar-refractivity contribution in [3.8, 4) is 11.5 Å². The quantitative estimate of drug-likeness (QED) is 0.602. The molecule has 0 fully saturated rings. The van der Waals surface area contributed by atoms with E-state index in [0.29, 0.717) is 18.8 Å². The summed E-state index contributed by atoms with van der Waals surface area (Å²) >= 11 is 0. The molecule has 0 spiro atoms. The molecule has 0 saturated carbocycles. The van der Waals surface area contributed by atoms with Crippen LogP contribution in [0.1, 0.15) is 47.0 Å². The molecule has 0 aliphatic carbocycles. The standard InChI is InChI=1S/C19H28O3/c1-6-16(20)13-15(4)19(12-7-14(2)3)22-18-10-8-17(21-5)9-11-18/h8-12,14-15H,6-7,13H2,1-5H3. The predicted octanol–water partition coefficient (Wildman–Crippen LogP) is 5.01. The highest BCUT2D eigenvalue weighted by molar-refractivity contribution is 5.78. The largest absolute Gasteiger partial charge is 0.497 e. The third kappa shape index (κ3) is 6.33. The van der Waals surface area contributed by atoms with E-state index in [0.717, 1.165) is 23.7 Å². The zero-order valence-corrected chi connectivity index (χ0v) is 14.4. The van der Waals surface area contributed by atoms with Gasteiger partial charge in [0.15, 0.2) is 0 Å². The fraction of sp³-hybridized carbons (Fsp3) is 0.526. The summed E-state index contributed by atoms with van der Waals surface area (Å²) in [6, 6.07) is 7.52. The minimum atomic E-state index is 0.0910. The first-order valence-electron chi connectivity index (χ1n) is 7.99. The van der Waals surface area contributed by atoms with Gasteiger partial charge < -0.3 is 9.47 Å². The number of hydrogen-bond donors (Lipinski definition) is 0. The van der Waals surface area contributed by atoms with Crippen LogP contribution in [0, 0.1) is 11.8 Å². The lowest BCUT2D eigenvalue weighted by Crippen LogP contribution is -2.12. The zero-order chi connectivity index (χ0) is 16.5. The molecular formula is C19H28O3. The van der Waals surface area contributed by atoms with E-state index in [4.69, 9.17) is 9.47 Å². The highest BCUT2D eigenvalue weighted by Crippen LogP contribution is 2.24. The fourth-order valence-electron chi connectivity index (χ4n) is 2.06. The summed E-state index contributed by atoms with van der Waals surface area (Å²) in [5.74, 6) is 3.36. The van der Waals surface area contributed by atoms with Crippen molar-refractivity contribution in [1.29, 1.82) is 0 Å². The first-order chi connectivity index (χ1) is 10.5. The summed E-state index contributed by atoms with van der Waals surface area (Å²) in [5.41, 5.74) is 0. The van der Waals surface area contributed by atoms with Gasteiger partial charge >= 0.3 is 0 Å². The molecule has 1 aromatic carbocycles. The summed E-state index contributed by atoms with van der Waals surface area (Å²) in [6.07, 6.45) is 4.15. The van der Waals surface area contributed by atoms with Crippen molar-refractivity contribution in [2.75, 3.05) is 7.11 Å². The monoisotopic (exact) mass is 304 g/mol. The van der Waals surface area contributed by atoms with Crippen molar-refractivity contribution in [1.82, 2.24) is 0 Å². The second kappa shape index (κ2) is 9.29. The van der Waals surface area contributed by atoms with Crippen LogP contribution in [0.4, 0.5) is 0 Å². The zero-order valence-electron chi connectivity index (χ0n) is 14.4. The lowest BCUT2D eigenvalue weighted by Gasteiger charge is -2.17. The SMILES string of the molecule is CCC(=O)CC(C)C(=CCC(C)C)Oc1ccc(OC)cc1. The Kier molecular flexibility index (Phi) is 7.72. The van der Waals surface area contributed by atoms with Gasteiger partial charge in [0.25, 0.3) is 0 Å². The van der Waals surface area contributed by atoms with E-state index < -0.39 is 0 Å². The molecule has 1 aromatic rings. The number of methoxy groups -OCH3 is 1. The van der Waals surface area contributed by atoms with Crippen molar-refractivity contribution in [3.05, 3.63) is 36.1 Å². The van der Waals surface area contributed by atoms with Crippen molar-refractivity contribution in [2.24, 2.45) is 11.8 Å². The number of benzene rings is 1. The molecule has 0 bridgehead atoms. The average molecular weight is 304 g/mol. The van der Waals surface area contributed by atoms with Crippen molar-refractivity contribution >= 4 is 5.78 Å². The number of carbonyl (C=O) groups is 1. The molecule has 22 heavy (non-hydrogen) atoms. The maximum absolute atomic E-state index is 11.7. The first-order valence-corrected chi connectivity index (χ1v) is 7.99. The molecule has 0 aromatic heterocycles. The summed E-state index contributed by atoms with van der Waals surface area (Å²) in [7, 11) is 1.64. The number of ketones is 1. The van der Waals surface area contributed by atoms with Crippen LogP contribution in [-0.2, 0) is 4.79 Å². The topological polar surface area (TPSA) is 35.5 Å². The minimum Gasteiger partial charge on any atom is -0.497 e. The van der Waals surface area contributed by atoms with Crippen LogP contribution in [0.5, 0.6) is 11.5 Å². The molecule has 0 N–H and O–H groups in total. The van der Waals surface area contributed by atoms with Gasteiger partial charge in [-0.05, 0) is 42.7 Å². The van der Waals surface area contributed by atoms with Crippen molar-refractivity contribution in [3.63, 3.8) is 0 Å². The van der Waals surface area contributed by atoms with Crippen LogP contribution in [0.15, 0.2) is 36.1 Å². The van der Waals surface area contributed by atoms with Gasteiger partial charge in [0, 0.05) is 18.8 Å². The second-order valence-electron chi connectivity index (χ2n) is 6.01. The third-order valence-corrected chi connectivity index (χ3v) is 3.50. The molecule has 3 nitrogen and oxygen atoms in total. The van der Waals surface area contributed by atoms with E-state index in [-0.39, 0.29) is 11.7 Å². The Morgan fingerprint density at radius 2 is 1.73 bits per heavy atom. The van der Waals surface area contributed by atoms with Crippen LogP contribution in [0.2, 0.25) is 0 Å². The number of carbonyl (C=O) groups excluding carboxylic acids is 1. The maximum Gasteiger partial charge on any atom is 0.133 e. The van der Waals surface area contributed by atoms with Gasteiger partial charge in [-0.2, -0.15) is 0 Å². The molecule has 0 aliphatic heterocycles. The van der Waals surface area contributed by atoms with E-state index in [1.807, 2.05) is 38.1 Å². The molecule has 0 amide bonds. The number of ether oxygens (including phenoxy) is 2. The molecule has 1 rings (SSSR count). The molecule has 0 aliphatic rings. The van der Waals surface area contributed by atoms with Crippen molar-refractivity contribution in [2.45, 2.75) is 47.0 Å². The highest BCUT2D eigenvalue weighted by Gasteiger charge is 2.15. The van der Waals surface area contributed by atoms with Crippen LogP contribution >= 0.6 is 0 Å². The van der Waals surface area contributed by atoms with Crippen LogP contribution in [0.25, 0.3) is 0 Å². The summed E-state index contributed by atoms with van der Waals surface area (Å²) in [6.45, 7) is 8.28. The molecule has 3 heteroatoms. The van der Waals surface area contributed by atoms with E-state index in [9.17, 15) is 4.79 Å². The highest BCUT2D eigenvalue weighted by atomic mass is 16.5. The molecule has 122 valence electrons. The number of allylic oxidation sites excluding steroid dienone is 2. The predicted molar refractivity (Wildman–Crippen MR) is 90.2 cm³/mol. The Balaban J connectivity index is 2.84. The van der Waals surface area contributed by atoms with Gasteiger partial charge in [-0.15, -0.1) is 0 Å². The fourth-order valence-corrected chi connectivity index (χ4v) is 2.06. The van der Waals surface area contributed by atoms with Crippen molar-refractivity contribution < 1.29 is 14.3 Å². The second-order valence-corrected chi connectivity index (χ2v) is 6.01. The van der Waals surface area contributed by atoms with Gasteiger partial charge in [0.1, 0.15) is 23.0 Å². The van der Waals surface area contributed by atoms with E-state index in [1.165, 1.54) is 0 Å². The summed E-state index contributed by atoms with van der Waals surface area (Å²) in [4.78, 5) is 11.7. The minimum absolute atomic E-state index is 0.0910. The Bertz CT molecular complexity index is 486. The third-order valence-electron chi connectivity index (χ3n) is 3.50. The molecule has 0 heterocycles. The normalized spacial score (nSPS) is 13.1. The van der Waals surface area contributed by atoms with E-state index in [1.54, 1.807) is 7.11 Å². The summed E-state index contributed by atoms with van der Waals surface area (Å²) < 4.78 is 11.2. The maximum atomic E-state index is 11.7. The molecule has 0 radical (unpaired) electrons. The number of rotatable bonds is 9. The molecular weight excluding hydrogens is 276 g/mol. The van der Waals surface area contributed by atoms with Gasteiger partial charge in [0.05, 0.1) is 7.11 Å². The average Bonchev–Trinajstić information content (AvgIpc) is 2.51. The van der Waals surface area contributed by atoms with Gasteiger partial charge in [-0.1, -0.05) is 27.7 Å². The Hall–Kier alpha value is -1.77. The van der Waals surface area contributed by atoms with Crippen LogP contribution in [0.3, 0.4) is 0 Å². The molecule has 1 unspecified atom stereocenters. The van der Waals surface area contributed by atoms with Gasteiger partial charge in [0.2, 0.25) is 0 Å². The lowest BCUT2D eigenvalue weighted by atomic mass is 9.99. The molecule has 1 atom stereocenters.